The minimum absolute atomic E-state index is 0.259. The van der Waals surface area contributed by atoms with Crippen LogP contribution >= 0.6 is 0 Å². The zero-order valence-corrected chi connectivity index (χ0v) is 7.43. The molecular formula is C7H15NO3. The second kappa shape index (κ2) is 4.31. The van der Waals surface area contributed by atoms with Crippen LogP contribution < -0.4 is 5.48 Å². The van der Waals surface area contributed by atoms with Gasteiger partial charge in [0.2, 0.25) is 0 Å². The van der Waals surface area contributed by atoms with E-state index in [0.29, 0.717) is 6.42 Å². The summed E-state index contributed by atoms with van der Waals surface area (Å²) < 4.78 is 5.01. The SMILES string of the molecule is CCC(C)(OC)C(=O)NOC. The summed E-state index contributed by atoms with van der Waals surface area (Å²) >= 11 is 0. The van der Waals surface area contributed by atoms with Crippen LogP contribution in [-0.2, 0) is 14.4 Å². The van der Waals surface area contributed by atoms with E-state index in [2.05, 4.69) is 10.3 Å². The summed E-state index contributed by atoms with van der Waals surface area (Å²) in [6.45, 7) is 3.58. The van der Waals surface area contributed by atoms with E-state index < -0.39 is 5.60 Å². The van der Waals surface area contributed by atoms with E-state index in [1.54, 1.807) is 6.92 Å². The quantitative estimate of drug-likeness (QED) is 0.610. The average Bonchev–Trinajstić information content (AvgIpc) is 2.03. The van der Waals surface area contributed by atoms with Gasteiger partial charge in [-0.3, -0.25) is 9.63 Å². The Hall–Kier alpha value is -0.610. The molecule has 11 heavy (non-hydrogen) atoms. The molecule has 4 heteroatoms. The highest BCUT2D eigenvalue weighted by molar-refractivity contribution is 5.83. The highest BCUT2D eigenvalue weighted by Gasteiger charge is 2.30. The monoisotopic (exact) mass is 161 g/mol. The maximum absolute atomic E-state index is 11.2. The number of ether oxygens (including phenoxy) is 1. The van der Waals surface area contributed by atoms with E-state index in [9.17, 15) is 4.79 Å². The molecule has 0 rings (SSSR count). The van der Waals surface area contributed by atoms with E-state index in [1.165, 1.54) is 14.2 Å². The molecule has 0 aromatic carbocycles. The van der Waals surface area contributed by atoms with E-state index in [-0.39, 0.29) is 5.91 Å². The van der Waals surface area contributed by atoms with Crippen LogP contribution in [0, 0.1) is 0 Å². The number of hydroxylamine groups is 1. The fraction of sp³-hybridized carbons (Fsp3) is 0.857. The van der Waals surface area contributed by atoms with E-state index in [4.69, 9.17) is 4.74 Å². The number of hydrogen-bond donors (Lipinski definition) is 1. The van der Waals surface area contributed by atoms with Crippen molar-refractivity contribution < 1.29 is 14.4 Å². The van der Waals surface area contributed by atoms with Gasteiger partial charge in [-0.15, -0.1) is 0 Å². The van der Waals surface area contributed by atoms with Gasteiger partial charge in [-0.1, -0.05) is 6.92 Å². The van der Waals surface area contributed by atoms with Crippen molar-refractivity contribution in [1.82, 2.24) is 5.48 Å². The first kappa shape index (κ1) is 10.4. The van der Waals surface area contributed by atoms with Crippen LogP contribution in [0.2, 0.25) is 0 Å². The minimum Gasteiger partial charge on any atom is -0.369 e. The zero-order chi connectivity index (χ0) is 8.91. The van der Waals surface area contributed by atoms with Crippen molar-refractivity contribution in [2.75, 3.05) is 14.2 Å². The topological polar surface area (TPSA) is 47.6 Å². The molecule has 4 nitrogen and oxygen atoms in total. The third-order valence-electron chi connectivity index (χ3n) is 1.80. The molecule has 1 atom stereocenters. The molecule has 0 aliphatic heterocycles. The molecule has 0 saturated heterocycles. The lowest BCUT2D eigenvalue weighted by Crippen LogP contribution is -2.45. The number of hydrogen-bond acceptors (Lipinski definition) is 3. The minimum atomic E-state index is -0.782. The van der Waals surface area contributed by atoms with Crippen molar-refractivity contribution in [2.24, 2.45) is 0 Å². The van der Waals surface area contributed by atoms with Gasteiger partial charge in [0.25, 0.3) is 5.91 Å². The summed E-state index contributed by atoms with van der Waals surface area (Å²) in [5, 5.41) is 0. The summed E-state index contributed by atoms with van der Waals surface area (Å²) in [6, 6.07) is 0. The molecule has 0 radical (unpaired) electrons. The Morgan fingerprint density at radius 3 is 2.36 bits per heavy atom. The molecule has 1 N–H and O–H groups in total. The predicted molar refractivity (Wildman–Crippen MR) is 40.9 cm³/mol. The molecule has 0 spiro atoms. The summed E-state index contributed by atoms with van der Waals surface area (Å²) in [4.78, 5) is 15.6. The fourth-order valence-corrected chi connectivity index (χ4v) is 0.598. The Morgan fingerprint density at radius 2 is 2.09 bits per heavy atom. The Morgan fingerprint density at radius 1 is 1.55 bits per heavy atom. The molecule has 0 aliphatic carbocycles. The molecule has 0 saturated carbocycles. The molecule has 0 aromatic heterocycles. The van der Waals surface area contributed by atoms with Crippen LogP contribution in [0.3, 0.4) is 0 Å². The van der Waals surface area contributed by atoms with Gasteiger partial charge in [0, 0.05) is 7.11 Å². The molecule has 0 aliphatic rings. The lowest BCUT2D eigenvalue weighted by atomic mass is 10.0. The number of carbonyl (C=O) groups is 1. The largest absolute Gasteiger partial charge is 0.369 e. The Kier molecular flexibility index (Phi) is 4.07. The lowest BCUT2D eigenvalue weighted by molar-refractivity contribution is -0.152. The molecule has 0 bridgehead atoms. The summed E-state index contributed by atoms with van der Waals surface area (Å²) in [5.41, 5.74) is 1.44. The number of rotatable bonds is 4. The molecule has 1 amide bonds. The fourth-order valence-electron chi connectivity index (χ4n) is 0.598. The van der Waals surface area contributed by atoms with Crippen molar-refractivity contribution in [3.63, 3.8) is 0 Å². The van der Waals surface area contributed by atoms with Gasteiger partial charge in [0.1, 0.15) is 5.60 Å². The zero-order valence-electron chi connectivity index (χ0n) is 7.43. The highest BCUT2D eigenvalue weighted by Crippen LogP contribution is 2.13. The molecule has 66 valence electrons. The third kappa shape index (κ3) is 2.48. The van der Waals surface area contributed by atoms with Crippen molar-refractivity contribution in [2.45, 2.75) is 25.9 Å². The molecule has 0 fully saturated rings. The number of methoxy groups -OCH3 is 1. The van der Waals surface area contributed by atoms with Crippen molar-refractivity contribution in [1.29, 1.82) is 0 Å². The summed E-state index contributed by atoms with van der Waals surface area (Å²) in [7, 11) is 2.89. The van der Waals surface area contributed by atoms with Gasteiger partial charge in [-0.25, -0.2) is 5.48 Å². The first-order valence-electron chi connectivity index (χ1n) is 3.49. The Balaban J connectivity index is 4.12. The van der Waals surface area contributed by atoms with Crippen LogP contribution in [0.5, 0.6) is 0 Å². The van der Waals surface area contributed by atoms with Gasteiger partial charge in [0.05, 0.1) is 7.11 Å². The number of amides is 1. The van der Waals surface area contributed by atoms with Crippen molar-refractivity contribution >= 4 is 5.91 Å². The third-order valence-corrected chi connectivity index (χ3v) is 1.80. The van der Waals surface area contributed by atoms with Crippen LogP contribution in [0.4, 0.5) is 0 Å². The van der Waals surface area contributed by atoms with Crippen molar-refractivity contribution in [3.8, 4) is 0 Å². The van der Waals surface area contributed by atoms with Gasteiger partial charge in [-0.05, 0) is 13.3 Å². The molecular weight excluding hydrogens is 146 g/mol. The maximum atomic E-state index is 11.2. The highest BCUT2D eigenvalue weighted by atomic mass is 16.6. The summed E-state index contributed by atoms with van der Waals surface area (Å²) in [6.07, 6.45) is 0.610. The van der Waals surface area contributed by atoms with Gasteiger partial charge >= 0.3 is 0 Å². The first-order chi connectivity index (χ1) is 5.10. The van der Waals surface area contributed by atoms with Crippen molar-refractivity contribution in [3.05, 3.63) is 0 Å². The Labute approximate surface area is 66.8 Å². The van der Waals surface area contributed by atoms with Crippen LogP contribution in [0.25, 0.3) is 0 Å². The van der Waals surface area contributed by atoms with Crippen LogP contribution in [-0.4, -0.2) is 25.7 Å². The second-order valence-electron chi connectivity index (χ2n) is 2.42. The van der Waals surface area contributed by atoms with Crippen LogP contribution in [0.15, 0.2) is 0 Å². The second-order valence-corrected chi connectivity index (χ2v) is 2.42. The smallest absolute Gasteiger partial charge is 0.275 e. The molecule has 1 unspecified atom stereocenters. The maximum Gasteiger partial charge on any atom is 0.275 e. The van der Waals surface area contributed by atoms with Gasteiger partial charge in [-0.2, -0.15) is 0 Å². The lowest BCUT2D eigenvalue weighted by Gasteiger charge is -2.24. The predicted octanol–water partition coefficient (Wildman–Crippen LogP) is 0.479. The number of nitrogens with one attached hydrogen (secondary N) is 1. The van der Waals surface area contributed by atoms with E-state index in [0.717, 1.165) is 0 Å². The van der Waals surface area contributed by atoms with E-state index in [1.807, 2.05) is 6.92 Å². The average molecular weight is 161 g/mol. The normalized spacial score (nSPS) is 15.6. The van der Waals surface area contributed by atoms with Gasteiger partial charge in [0.15, 0.2) is 0 Å². The Bertz CT molecular complexity index is 132. The number of carbonyl (C=O) groups excluding carboxylic acids is 1. The van der Waals surface area contributed by atoms with E-state index >= 15 is 0 Å². The molecule has 0 aromatic rings. The van der Waals surface area contributed by atoms with Gasteiger partial charge < -0.3 is 4.74 Å². The standard InChI is InChI=1S/C7H15NO3/c1-5-7(2,10-3)6(9)8-11-4/h5H2,1-4H3,(H,8,9). The summed E-state index contributed by atoms with van der Waals surface area (Å²) in [5.74, 6) is -0.259. The first-order valence-corrected chi connectivity index (χ1v) is 3.49. The van der Waals surface area contributed by atoms with Crippen LogP contribution in [0.1, 0.15) is 20.3 Å². The molecule has 0 heterocycles.